The number of benzene rings is 1. The first-order valence-electron chi connectivity index (χ1n) is 9.64. The van der Waals surface area contributed by atoms with Crippen molar-refractivity contribution in [3.63, 3.8) is 0 Å². The summed E-state index contributed by atoms with van der Waals surface area (Å²) >= 11 is 0. The average Bonchev–Trinajstić information content (AvgIpc) is 3.01. The number of aromatic nitrogens is 2. The molecule has 0 atom stereocenters. The minimum atomic E-state index is -3.74. The average molecular weight is 551 g/mol. The van der Waals surface area contributed by atoms with Crippen molar-refractivity contribution in [3.05, 3.63) is 47.5 Å². The standard InChI is InChI=1S/C20H30FN5O2S.HI/c1-6-22-20(25(4)13-16-14-26(5)24-19(16)15(2)3)23-11-12-29(27,28)18-10-8-7-9-17(18)21;/h7-10,14-15H,6,11-13H2,1-5H3,(H,22,23);1H. The first-order chi connectivity index (χ1) is 13.7. The molecule has 0 amide bonds. The molecule has 0 saturated carbocycles. The van der Waals surface area contributed by atoms with Gasteiger partial charge in [-0.3, -0.25) is 9.67 Å². The third kappa shape index (κ3) is 6.93. The highest BCUT2D eigenvalue weighted by atomic mass is 127. The van der Waals surface area contributed by atoms with E-state index in [1.54, 1.807) is 4.68 Å². The predicted molar refractivity (Wildman–Crippen MR) is 129 cm³/mol. The second kappa shape index (κ2) is 11.6. The van der Waals surface area contributed by atoms with Crippen molar-refractivity contribution in [2.24, 2.45) is 12.0 Å². The van der Waals surface area contributed by atoms with Crippen molar-refractivity contribution in [3.8, 4) is 0 Å². The quantitative estimate of drug-likeness (QED) is 0.310. The number of rotatable bonds is 8. The molecule has 0 aliphatic carbocycles. The Bertz CT molecular complexity index is 960. The van der Waals surface area contributed by atoms with Crippen LogP contribution in [0.2, 0.25) is 0 Å². The van der Waals surface area contributed by atoms with Crippen LogP contribution in [0.3, 0.4) is 0 Å². The highest BCUT2D eigenvalue weighted by Crippen LogP contribution is 2.19. The van der Waals surface area contributed by atoms with E-state index in [4.69, 9.17) is 0 Å². The van der Waals surface area contributed by atoms with Crippen LogP contribution in [0.4, 0.5) is 4.39 Å². The van der Waals surface area contributed by atoms with Gasteiger partial charge in [0.1, 0.15) is 10.7 Å². The van der Waals surface area contributed by atoms with E-state index in [1.165, 1.54) is 18.2 Å². The number of aliphatic imine (C=N–C) groups is 1. The van der Waals surface area contributed by atoms with E-state index >= 15 is 0 Å². The van der Waals surface area contributed by atoms with Crippen LogP contribution in [0.25, 0.3) is 0 Å². The van der Waals surface area contributed by atoms with Gasteiger partial charge in [0.15, 0.2) is 15.8 Å². The summed E-state index contributed by atoms with van der Waals surface area (Å²) in [6.07, 6.45) is 1.98. The lowest BCUT2D eigenvalue weighted by Gasteiger charge is -2.22. The molecule has 0 saturated heterocycles. The van der Waals surface area contributed by atoms with E-state index in [0.717, 1.165) is 17.3 Å². The van der Waals surface area contributed by atoms with Gasteiger partial charge in [0.2, 0.25) is 0 Å². The van der Waals surface area contributed by atoms with Crippen molar-refractivity contribution in [2.45, 2.75) is 38.1 Å². The molecule has 2 rings (SSSR count). The Morgan fingerprint density at radius 3 is 2.60 bits per heavy atom. The van der Waals surface area contributed by atoms with Gasteiger partial charge in [0.05, 0.1) is 18.0 Å². The Labute approximate surface area is 195 Å². The van der Waals surface area contributed by atoms with E-state index in [9.17, 15) is 12.8 Å². The fourth-order valence-electron chi connectivity index (χ4n) is 3.04. The monoisotopic (exact) mass is 551 g/mol. The van der Waals surface area contributed by atoms with Gasteiger partial charge in [-0.25, -0.2) is 12.8 Å². The molecule has 1 heterocycles. The van der Waals surface area contributed by atoms with Gasteiger partial charge in [0.25, 0.3) is 0 Å². The molecule has 1 aromatic heterocycles. The largest absolute Gasteiger partial charge is 0.357 e. The summed E-state index contributed by atoms with van der Waals surface area (Å²) in [5.41, 5.74) is 2.12. The minimum Gasteiger partial charge on any atom is -0.357 e. The normalized spacial score (nSPS) is 12.0. The zero-order chi connectivity index (χ0) is 21.6. The van der Waals surface area contributed by atoms with Crippen LogP contribution >= 0.6 is 24.0 Å². The Hall–Kier alpha value is -1.69. The highest BCUT2D eigenvalue weighted by Gasteiger charge is 2.19. The molecular formula is C20H31FIN5O2S. The maximum Gasteiger partial charge on any atom is 0.193 e. The van der Waals surface area contributed by atoms with E-state index in [0.29, 0.717) is 25.0 Å². The maximum atomic E-state index is 13.8. The molecule has 0 fully saturated rings. The number of aryl methyl sites for hydroxylation is 1. The Kier molecular flexibility index (Phi) is 10.2. The zero-order valence-corrected chi connectivity index (χ0v) is 21.2. The fourth-order valence-corrected chi connectivity index (χ4v) is 4.24. The van der Waals surface area contributed by atoms with Crippen LogP contribution in [-0.4, -0.2) is 54.9 Å². The number of hydrogen-bond donors (Lipinski definition) is 1. The summed E-state index contributed by atoms with van der Waals surface area (Å²) in [6.45, 7) is 7.41. The summed E-state index contributed by atoms with van der Waals surface area (Å²) in [6, 6.07) is 5.40. The zero-order valence-electron chi connectivity index (χ0n) is 18.1. The lowest BCUT2D eigenvalue weighted by Crippen LogP contribution is -2.39. The van der Waals surface area contributed by atoms with Crippen LogP contribution in [0.15, 0.2) is 40.4 Å². The predicted octanol–water partition coefficient (Wildman–Crippen LogP) is 3.17. The van der Waals surface area contributed by atoms with Crippen molar-refractivity contribution in [1.82, 2.24) is 20.0 Å². The first-order valence-corrected chi connectivity index (χ1v) is 11.3. The van der Waals surface area contributed by atoms with Gasteiger partial charge in [-0.05, 0) is 25.0 Å². The van der Waals surface area contributed by atoms with Crippen LogP contribution in [0.1, 0.15) is 37.9 Å². The fraction of sp³-hybridized carbons (Fsp3) is 0.500. The van der Waals surface area contributed by atoms with Gasteiger partial charge in [-0.1, -0.05) is 26.0 Å². The van der Waals surface area contributed by atoms with E-state index in [2.05, 4.69) is 29.3 Å². The Morgan fingerprint density at radius 2 is 2.00 bits per heavy atom. The molecule has 0 aliphatic rings. The third-order valence-electron chi connectivity index (χ3n) is 4.38. The van der Waals surface area contributed by atoms with Crippen LogP contribution in [-0.2, 0) is 23.4 Å². The molecule has 0 spiro atoms. The van der Waals surface area contributed by atoms with Crippen LogP contribution < -0.4 is 5.32 Å². The maximum absolute atomic E-state index is 13.8. The van der Waals surface area contributed by atoms with Gasteiger partial charge < -0.3 is 10.2 Å². The molecule has 1 N–H and O–H groups in total. The molecular weight excluding hydrogens is 520 g/mol. The van der Waals surface area contributed by atoms with E-state index < -0.39 is 15.7 Å². The van der Waals surface area contributed by atoms with Crippen LogP contribution in [0.5, 0.6) is 0 Å². The molecule has 0 aliphatic heterocycles. The molecule has 0 radical (unpaired) electrons. The number of guanidine groups is 1. The minimum absolute atomic E-state index is 0. The van der Waals surface area contributed by atoms with Crippen LogP contribution in [0, 0.1) is 5.82 Å². The molecule has 30 heavy (non-hydrogen) atoms. The van der Waals surface area contributed by atoms with Gasteiger partial charge in [0, 0.05) is 38.9 Å². The number of nitrogens with zero attached hydrogens (tertiary/aromatic N) is 4. The van der Waals surface area contributed by atoms with E-state index in [-0.39, 0.29) is 41.2 Å². The second-order valence-corrected chi connectivity index (χ2v) is 9.29. The Balaban J connectivity index is 0.00000450. The SMILES string of the molecule is CCNC(=NCCS(=O)(=O)c1ccccc1F)N(C)Cc1cn(C)nc1C(C)C.I. The number of sulfone groups is 1. The lowest BCUT2D eigenvalue weighted by atomic mass is 10.1. The van der Waals surface area contributed by atoms with E-state index in [1.807, 2.05) is 32.1 Å². The highest BCUT2D eigenvalue weighted by molar-refractivity contribution is 14.0. The van der Waals surface area contributed by atoms with Crippen molar-refractivity contribution < 1.29 is 12.8 Å². The van der Waals surface area contributed by atoms with Gasteiger partial charge in [-0.2, -0.15) is 5.10 Å². The smallest absolute Gasteiger partial charge is 0.193 e. The molecule has 7 nitrogen and oxygen atoms in total. The molecule has 10 heteroatoms. The van der Waals surface area contributed by atoms with Crippen molar-refractivity contribution in [1.29, 1.82) is 0 Å². The molecule has 1 aromatic carbocycles. The van der Waals surface area contributed by atoms with Gasteiger partial charge >= 0.3 is 0 Å². The topological polar surface area (TPSA) is 79.6 Å². The molecule has 0 unspecified atom stereocenters. The first kappa shape index (κ1) is 26.3. The molecule has 168 valence electrons. The lowest BCUT2D eigenvalue weighted by molar-refractivity contribution is 0.474. The second-order valence-electron chi connectivity index (χ2n) is 7.21. The molecule has 0 bridgehead atoms. The third-order valence-corrected chi connectivity index (χ3v) is 6.10. The van der Waals surface area contributed by atoms with Crippen molar-refractivity contribution in [2.75, 3.05) is 25.9 Å². The summed E-state index contributed by atoms with van der Waals surface area (Å²) < 4.78 is 40.5. The number of hydrogen-bond acceptors (Lipinski definition) is 4. The summed E-state index contributed by atoms with van der Waals surface area (Å²) in [7, 11) is 0.0415. The van der Waals surface area contributed by atoms with Crippen molar-refractivity contribution >= 4 is 39.8 Å². The number of nitrogens with one attached hydrogen (secondary N) is 1. The summed E-state index contributed by atoms with van der Waals surface area (Å²) in [5.74, 6) is -0.112. The van der Waals surface area contributed by atoms with Gasteiger partial charge in [-0.15, -0.1) is 24.0 Å². The summed E-state index contributed by atoms with van der Waals surface area (Å²) in [5, 5.41) is 7.70. The number of halogens is 2. The molecule has 2 aromatic rings. The Morgan fingerprint density at radius 1 is 1.33 bits per heavy atom. The summed E-state index contributed by atoms with van der Waals surface area (Å²) in [4.78, 5) is 6.08.